The van der Waals surface area contributed by atoms with Crippen molar-refractivity contribution in [1.29, 1.82) is 0 Å². The largest absolute Gasteiger partial charge is 0.495 e. The van der Waals surface area contributed by atoms with Gasteiger partial charge in [0.25, 0.3) is 5.91 Å². The Morgan fingerprint density at radius 1 is 1.22 bits per heavy atom. The number of ether oxygens (including phenoxy) is 1. The van der Waals surface area contributed by atoms with Crippen molar-refractivity contribution in [2.24, 2.45) is 12.0 Å². The number of aryl methyl sites for hydroxylation is 1. The predicted molar refractivity (Wildman–Crippen MR) is 107 cm³/mol. The second kappa shape index (κ2) is 6.25. The van der Waals surface area contributed by atoms with Crippen LogP contribution in [0.4, 0.5) is 0 Å². The summed E-state index contributed by atoms with van der Waals surface area (Å²) in [6.45, 7) is 0.864. The molecule has 3 aliphatic rings. The summed E-state index contributed by atoms with van der Waals surface area (Å²) in [5, 5.41) is 0.977. The van der Waals surface area contributed by atoms with Crippen molar-refractivity contribution < 1.29 is 9.53 Å². The highest BCUT2D eigenvalue weighted by Crippen LogP contribution is 2.39. The van der Waals surface area contributed by atoms with Crippen LogP contribution < -0.4 is 4.74 Å². The third kappa shape index (κ3) is 2.68. The highest BCUT2D eigenvalue weighted by molar-refractivity contribution is 6.08. The maximum absolute atomic E-state index is 13.7. The fraction of sp³-hybridized carbons (Fsp3) is 0.455. The van der Waals surface area contributed by atoms with Gasteiger partial charge in [-0.3, -0.25) is 9.79 Å². The normalized spacial score (nSPS) is 21.6. The van der Waals surface area contributed by atoms with E-state index in [1.54, 1.807) is 7.11 Å². The van der Waals surface area contributed by atoms with Gasteiger partial charge in [0.2, 0.25) is 0 Å². The van der Waals surface area contributed by atoms with Crippen molar-refractivity contribution in [2.75, 3.05) is 13.7 Å². The molecule has 1 aromatic carbocycles. The number of carbonyl (C=O) groups excluding carboxylic acids is 1. The molecule has 1 fully saturated rings. The van der Waals surface area contributed by atoms with E-state index in [0.29, 0.717) is 6.04 Å². The molecular weight excluding hydrogens is 338 g/mol. The SMILES string of the molecule is COc1ccc(C(=O)N(C2CC2)C2CCC3=C(C=NC3)C2)c2ccn(C)c12. The zero-order chi connectivity index (χ0) is 18.5. The summed E-state index contributed by atoms with van der Waals surface area (Å²) < 4.78 is 7.55. The zero-order valence-corrected chi connectivity index (χ0v) is 15.9. The zero-order valence-electron chi connectivity index (χ0n) is 15.9. The number of nitrogens with zero attached hydrogens (tertiary/aromatic N) is 3. The van der Waals surface area contributed by atoms with Crippen LogP contribution in [0.5, 0.6) is 5.75 Å². The van der Waals surface area contributed by atoms with Gasteiger partial charge in [-0.2, -0.15) is 0 Å². The number of aromatic nitrogens is 1. The molecule has 0 spiro atoms. The smallest absolute Gasteiger partial charge is 0.255 e. The second-order valence-corrected chi connectivity index (χ2v) is 7.94. The molecule has 0 saturated heterocycles. The van der Waals surface area contributed by atoms with Gasteiger partial charge >= 0.3 is 0 Å². The van der Waals surface area contributed by atoms with Crippen molar-refractivity contribution in [3.63, 3.8) is 0 Å². The third-order valence-corrected chi connectivity index (χ3v) is 6.23. The summed E-state index contributed by atoms with van der Waals surface area (Å²) in [6.07, 6.45) is 9.35. The lowest BCUT2D eigenvalue weighted by Crippen LogP contribution is -2.43. The first kappa shape index (κ1) is 16.6. The van der Waals surface area contributed by atoms with Gasteiger partial charge in [0.1, 0.15) is 5.75 Å². The summed E-state index contributed by atoms with van der Waals surface area (Å²) in [6, 6.07) is 6.56. The van der Waals surface area contributed by atoms with Crippen molar-refractivity contribution in [3.05, 3.63) is 41.1 Å². The lowest BCUT2D eigenvalue weighted by atomic mass is 9.88. The molecule has 2 heterocycles. The number of fused-ring (bicyclic) bond motifs is 1. The van der Waals surface area contributed by atoms with E-state index in [1.807, 2.05) is 42.2 Å². The number of methoxy groups -OCH3 is 1. The van der Waals surface area contributed by atoms with Gasteiger partial charge in [0, 0.05) is 42.5 Å². The molecule has 5 heteroatoms. The minimum absolute atomic E-state index is 0.167. The summed E-state index contributed by atoms with van der Waals surface area (Å²) >= 11 is 0. The number of aliphatic imine (C=N–C) groups is 1. The van der Waals surface area contributed by atoms with Crippen LogP contribution in [0.2, 0.25) is 0 Å². The number of rotatable bonds is 4. The lowest BCUT2D eigenvalue weighted by molar-refractivity contribution is 0.0647. The number of amides is 1. The van der Waals surface area contributed by atoms with Gasteiger partial charge < -0.3 is 14.2 Å². The van der Waals surface area contributed by atoms with E-state index in [0.717, 1.165) is 60.9 Å². The van der Waals surface area contributed by atoms with Crippen molar-refractivity contribution in [2.45, 2.75) is 44.2 Å². The first-order valence-electron chi connectivity index (χ1n) is 9.82. The van der Waals surface area contributed by atoms with Crippen LogP contribution in [0.3, 0.4) is 0 Å². The highest BCUT2D eigenvalue weighted by atomic mass is 16.5. The van der Waals surface area contributed by atoms with Crippen LogP contribution in [-0.4, -0.2) is 47.3 Å². The molecule has 1 atom stereocenters. The summed E-state index contributed by atoms with van der Waals surface area (Å²) in [4.78, 5) is 20.3. The molecular formula is C22H25N3O2. The fourth-order valence-corrected chi connectivity index (χ4v) is 4.68. The minimum Gasteiger partial charge on any atom is -0.495 e. The van der Waals surface area contributed by atoms with Gasteiger partial charge in [-0.05, 0) is 61.4 Å². The van der Waals surface area contributed by atoms with Gasteiger partial charge in [-0.15, -0.1) is 0 Å². The van der Waals surface area contributed by atoms with Crippen LogP contribution in [0, 0.1) is 0 Å². The Morgan fingerprint density at radius 2 is 2.07 bits per heavy atom. The molecule has 27 heavy (non-hydrogen) atoms. The van der Waals surface area contributed by atoms with Gasteiger partial charge in [0.15, 0.2) is 0 Å². The Morgan fingerprint density at radius 3 is 2.85 bits per heavy atom. The third-order valence-electron chi connectivity index (χ3n) is 6.23. The molecule has 140 valence electrons. The van der Waals surface area contributed by atoms with E-state index >= 15 is 0 Å². The summed E-state index contributed by atoms with van der Waals surface area (Å²) in [7, 11) is 3.67. The number of hydrogen-bond acceptors (Lipinski definition) is 3. The molecule has 0 N–H and O–H groups in total. The Kier molecular flexibility index (Phi) is 3.85. The maximum Gasteiger partial charge on any atom is 0.255 e. The highest BCUT2D eigenvalue weighted by Gasteiger charge is 2.40. The Bertz CT molecular complexity index is 981. The molecule has 0 bridgehead atoms. The van der Waals surface area contributed by atoms with E-state index in [4.69, 9.17) is 4.74 Å². The van der Waals surface area contributed by atoms with Crippen molar-refractivity contribution in [3.8, 4) is 5.75 Å². The minimum atomic E-state index is 0.167. The van der Waals surface area contributed by atoms with Crippen LogP contribution in [-0.2, 0) is 7.05 Å². The predicted octanol–water partition coefficient (Wildman–Crippen LogP) is 3.73. The Hall–Kier alpha value is -2.56. The molecule has 2 aliphatic carbocycles. The van der Waals surface area contributed by atoms with E-state index in [1.165, 1.54) is 11.1 Å². The van der Waals surface area contributed by atoms with Crippen molar-refractivity contribution in [1.82, 2.24) is 9.47 Å². The van der Waals surface area contributed by atoms with Gasteiger partial charge in [0.05, 0.1) is 19.2 Å². The standard InChI is InChI=1S/C22H25N3O2/c1-24-10-9-18-19(7-8-20(27-2)21(18)24)22(26)25(16-5-6-16)17-4-3-14-12-23-13-15(14)11-17/h7-10,13,16-17H,3-6,11-12H2,1-2H3. The quantitative estimate of drug-likeness (QED) is 0.831. The van der Waals surface area contributed by atoms with Gasteiger partial charge in [-0.25, -0.2) is 0 Å². The number of hydrogen-bond donors (Lipinski definition) is 0. The average Bonchev–Trinajstić information content (AvgIpc) is 3.26. The molecule has 5 nitrogen and oxygen atoms in total. The van der Waals surface area contributed by atoms with Crippen molar-refractivity contribution >= 4 is 23.0 Å². The van der Waals surface area contributed by atoms with E-state index in [-0.39, 0.29) is 11.9 Å². The number of carbonyl (C=O) groups is 1. The molecule has 1 aromatic heterocycles. The van der Waals surface area contributed by atoms with Crippen LogP contribution in [0.1, 0.15) is 42.5 Å². The second-order valence-electron chi connectivity index (χ2n) is 7.94. The van der Waals surface area contributed by atoms with E-state index < -0.39 is 0 Å². The molecule has 1 aliphatic heterocycles. The first-order chi connectivity index (χ1) is 13.2. The van der Waals surface area contributed by atoms with Crippen LogP contribution >= 0.6 is 0 Å². The van der Waals surface area contributed by atoms with E-state index in [2.05, 4.69) is 9.89 Å². The maximum atomic E-state index is 13.7. The average molecular weight is 363 g/mol. The summed E-state index contributed by atoms with van der Waals surface area (Å²) in [5.74, 6) is 0.974. The molecule has 5 rings (SSSR count). The van der Waals surface area contributed by atoms with Gasteiger partial charge in [-0.1, -0.05) is 0 Å². The lowest BCUT2D eigenvalue weighted by Gasteiger charge is -2.35. The Balaban J connectivity index is 1.52. The number of benzene rings is 1. The monoisotopic (exact) mass is 363 g/mol. The Labute approximate surface area is 159 Å². The molecule has 0 radical (unpaired) electrons. The summed E-state index contributed by atoms with van der Waals surface area (Å²) in [5.41, 5.74) is 4.61. The van der Waals surface area contributed by atoms with Crippen LogP contribution in [0.15, 0.2) is 40.5 Å². The molecule has 1 amide bonds. The first-order valence-corrected chi connectivity index (χ1v) is 9.82. The van der Waals surface area contributed by atoms with Crippen LogP contribution in [0.25, 0.3) is 10.9 Å². The molecule has 2 aromatic rings. The molecule has 1 saturated carbocycles. The van der Waals surface area contributed by atoms with E-state index in [9.17, 15) is 4.79 Å². The fourth-order valence-electron chi connectivity index (χ4n) is 4.68. The topological polar surface area (TPSA) is 46.8 Å². The molecule has 1 unspecified atom stereocenters.